The Hall–Kier alpha value is -2.54. The van der Waals surface area contributed by atoms with E-state index in [0.717, 1.165) is 48.4 Å². The molecule has 0 fully saturated rings. The van der Waals surface area contributed by atoms with E-state index >= 15 is 0 Å². The van der Waals surface area contributed by atoms with Gasteiger partial charge in [-0.15, -0.1) is 0 Å². The van der Waals surface area contributed by atoms with Crippen molar-refractivity contribution in [2.75, 3.05) is 18.2 Å². The minimum Gasteiger partial charge on any atom is -0.497 e. The molecule has 0 amide bonds. The molecule has 0 saturated carbocycles. The first-order valence-electron chi connectivity index (χ1n) is 10.1. The van der Waals surface area contributed by atoms with Gasteiger partial charge in [0.1, 0.15) is 11.6 Å². The van der Waals surface area contributed by atoms with E-state index in [2.05, 4.69) is 17.2 Å². The number of benzene rings is 1. The Morgan fingerprint density at radius 1 is 1.21 bits per heavy atom. The highest BCUT2D eigenvalue weighted by molar-refractivity contribution is 7.99. The number of unbranched alkanes of at least 4 members (excludes halogenated alkanes) is 1. The van der Waals surface area contributed by atoms with E-state index in [1.165, 1.54) is 0 Å². The first-order valence-corrected chi connectivity index (χ1v) is 11.0. The van der Waals surface area contributed by atoms with Gasteiger partial charge in [-0.05, 0) is 37.0 Å². The van der Waals surface area contributed by atoms with Crippen LogP contribution in [0.25, 0.3) is 0 Å². The zero-order valence-corrected chi connectivity index (χ0v) is 17.5. The molecule has 1 aliphatic carbocycles. The lowest BCUT2D eigenvalue weighted by Gasteiger charge is -2.32. The quantitative estimate of drug-likeness (QED) is 0.420. The lowest BCUT2D eigenvalue weighted by atomic mass is 9.76. The van der Waals surface area contributed by atoms with Crippen molar-refractivity contribution in [3.63, 3.8) is 0 Å². The first-order chi connectivity index (χ1) is 14.1. The van der Waals surface area contributed by atoms with Gasteiger partial charge < -0.3 is 15.0 Å². The number of thioether (sulfide) groups is 1. The summed E-state index contributed by atoms with van der Waals surface area (Å²) in [6, 6.07) is 7.57. The predicted molar refractivity (Wildman–Crippen MR) is 115 cm³/mol. The van der Waals surface area contributed by atoms with Gasteiger partial charge >= 0.3 is 0 Å². The minimum atomic E-state index is -0.411. The summed E-state index contributed by atoms with van der Waals surface area (Å²) in [5, 5.41) is 3.93. The van der Waals surface area contributed by atoms with E-state index in [1.807, 2.05) is 24.3 Å². The molecule has 1 aromatic heterocycles. The second-order valence-corrected chi connectivity index (χ2v) is 8.42. The van der Waals surface area contributed by atoms with Crippen LogP contribution in [0, 0.1) is 0 Å². The number of carbonyl (C=O) groups excluding carboxylic acids is 1. The molecule has 6 nitrogen and oxygen atoms in total. The minimum absolute atomic E-state index is 0.103. The van der Waals surface area contributed by atoms with Crippen LogP contribution in [0.4, 0.5) is 5.82 Å². The highest BCUT2D eigenvalue weighted by atomic mass is 32.2. The maximum absolute atomic E-state index is 13.1. The van der Waals surface area contributed by atoms with Gasteiger partial charge in [-0.1, -0.05) is 37.2 Å². The van der Waals surface area contributed by atoms with E-state index in [0.29, 0.717) is 28.5 Å². The number of rotatable bonds is 6. The molecule has 29 heavy (non-hydrogen) atoms. The third-order valence-corrected chi connectivity index (χ3v) is 6.38. The van der Waals surface area contributed by atoms with Crippen molar-refractivity contribution in [3.8, 4) is 5.75 Å². The van der Waals surface area contributed by atoms with Gasteiger partial charge in [0.15, 0.2) is 10.9 Å². The van der Waals surface area contributed by atoms with Crippen LogP contribution in [0.5, 0.6) is 5.75 Å². The number of Topliss-reactive ketones (excluding diaryl/α,β-unsaturated/α-hetero) is 1. The van der Waals surface area contributed by atoms with Crippen LogP contribution >= 0.6 is 11.8 Å². The van der Waals surface area contributed by atoms with Crippen LogP contribution in [0.1, 0.15) is 56.1 Å². The maximum Gasteiger partial charge on any atom is 0.257 e. The van der Waals surface area contributed by atoms with Gasteiger partial charge in [0, 0.05) is 29.4 Å². The Balaban J connectivity index is 1.82. The van der Waals surface area contributed by atoms with Crippen LogP contribution in [0.3, 0.4) is 0 Å². The highest BCUT2D eigenvalue weighted by Gasteiger charge is 2.37. The average Bonchev–Trinajstić information content (AvgIpc) is 2.73. The molecule has 1 atom stereocenters. The lowest BCUT2D eigenvalue weighted by molar-refractivity contribution is -0.116. The third-order valence-electron chi connectivity index (χ3n) is 5.42. The molecule has 0 saturated heterocycles. The summed E-state index contributed by atoms with van der Waals surface area (Å²) in [7, 11) is 1.62. The van der Waals surface area contributed by atoms with Crippen molar-refractivity contribution in [1.29, 1.82) is 0 Å². The standard InChI is InChI=1S/C22H25N3O3S/c1-3-4-12-29-22-24-20-19(21(27)25-22)17(13-8-10-14(28-2)11-9-13)18-15(23-20)6-5-7-16(18)26/h8-11,17H,3-7,12H2,1-2H3,(H2,23,24,25,27)/t17-/m1/s1. The molecule has 2 aliphatic rings. The molecule has 152 valence electrons. The number of aromatic amines is 1. The fraction of sp³-hybridized carbons (Fsp3) is 0.409. The van der Waals surface area contributed by atoms with Gasteiger partial charge in [0.25, 0.3) is 5.56 Å². The predicted octanol–water partition coefficient (Wildman–Crippen LogP) is 4.24. The molecule has 0 bridgehead atoms. The zero-order valence-electron chi connectivity index (χ0n) is 16.7. The highest BCUT2D eigenvalue weighted by Crippen LogP contribution is 2.43. The Labute approximate surface area is 174 Å². The number of hydrogen-bond acceptors (Lipinski definition) is 6. The van der Waals surface area contributed by atoms with E-state index < -0.39 is 5.92 Å². The third kappa shape index (κ3) is 3.83. The fourth-order valence-electron chi connectivity index (χ4n) is 3.95. The van der Waals surface area contributed by atoms with Crippen molar-refractivity contribution < 1.29 is 9.53 Å². The number of carbonyl (C=O) groups is 1. The summed E-state index contributed by atoms with van der Waals surface area (Å²) < 4.78 is 5.27. The smallest absolute Gasteiger partial charge is 0.257 e. The second-order valence-electron chi connectivity index (χ2n) is 7.34. The first kappa shape index (κ1) is 19.8. The molecule has 2 heterocycles. The number of nitrogens with one attached hydrogen (secondary N) is 2. The van der Waals surface area contributed by atoms with E-state index in [1.54, 1.807) is 18.9 Å². The SMILES string of the molecule is CCCCSc1nc2c(c(=O)[nH]1)[C@H](c1ccc(OC)cc1)C1=C(CCCC1=O)N2. The van der Waals surface area contributed by atoms with Crippen molar-refractivity contribution >= 4 is 23.4 Å². The fourth-order valence-corrected chi connectivity index (χ4v) is 4.90. The van der Waals surface area contributed by atoms with Gasteiger partial charge in [-0.25, -0.2) is 4.98 Å². The molecule has 2 aromatic rings. The lowest BCUT2D eigenvalue weighted by Crippen LogP contribution is -2.32. The maximum atomic E-state index is 13.1. The average molecular weight is 412 g/mol. The largest absolute Gasteiger partial charge is 0.497 e. The van der Waals surface area contributed by atoms with Gasteiger partial charge in [0.05, 0.1) is 12.7 Å². The molecule has 2 N–H and O–H groups in total. The summed E-state index contributed by atoms with van der Waals surface area (Å²) >= 11 is 1.56. The zero-order chi connectivity index (χ0) is 20.4. The van der Waals surface area contributed by atoms with Crippen molar-refractivity contribution in [2.24, 2.45) is 0 Å². The summed E-state index contributed by atoms with van der Waals surface area (Å²) in [4.78, 5) is 33.6. The normalized spacial score (nSPS) is 18.1. The molecule has 7 heteroatoms. The Morgan fingerprint density at radius 3 is 2.72 bits per heavy atom. The van der Waals surface area contributed by atoms with E-state index in [-0.39, 0.29) is 11.3 Å². The second kappa shape index (κ2) is 8.45. The number of fused-ring (bicyclic) bond motifs is 1. The van der Waals surface area contributed by atoms with Gasteiger partial charge in [-0.3, -0.25) is 9.59 Å². The number of methoxy groups -OCH3 is 1. The molecular weight excluding hydrogens is 386 g/mol. The molecule has 1 aliphatic heterocycles. The number of ketones is 1. The molecule has 4 rings (SSSR count). The molecule has 0 unspecified atom stereocenters. The topological polar surface area (TPSA) is 84.1 Å². The molecular formula is C22H25N3O3S. The molecule has 1 aromatic carbocycles. The van der Waals surface area contributed by atoms with Crippen LogP contribution in [0.2, 0.25) is 0 Å². The number of ether oxygens (including phenoxy) is 1. The summed E-state index contributed by atoms with van der Waals surface area (Å²) in [5.41, 5.74) is 2.83. The number of hydrogen-bond donors (Lipinski definition) is 2. The van der Waals surface area contributed by atoms with E-state index in [9.17, 15) is 9.59 Å². The Kier molecular flexibility index (Phi) is 5.76. The van der Waals surface area contributed by atoms with E-state index in [4.69, 9.17) is 9.72 Å². The number of anilines is 1. The van der Waals surface area contributed by atoms with Crippen LogP contribution < -0.4 is 15.6 Å². The monoisotopic (exact) mass is 411 g/mol. The summed E-state index contributed by atoms with van der Waals surface area (Å²) in [6.07, 6.45) is 4.28. The summed E-state index contributed by atoms with van der Waals surface area (Å²) in [5.74, 6) is 1.91. The van der Waals surface area contributed by atoms with Crippen molar-refractivity contribution in [3.05, 3.63) is 57.0 Å². The summed E-state index contributed by atoms with van der Waals surface area (Å²) in [6.45, 7) is 2.14. The molecule has 0 spiro atoms. The number of allylic oxidation sites excluding steroid dienone is 2. The number of H-pyrrole nitrogens is 1. The Morgan fingerprint density at radius 2 is 2.00 bits per heavy atom. The van der Waals surface area contributed by atoms with Crippen LogP contribution in [-0.4, -0.2) is 28.6 Å². The Bertz CT molecular complexity index is 1010. The number of aromatic nitrogens is 2. The van der Waals surface area contributed by atoms with Crippen molar-refractivity contribution in [2.45, 2.75) is 50.1 Å². The van der Waals surface area contributed by atoms with Crippen LogP contribution in [0.15, 0.2) is 45.5 Å². The van der Waals surface area contributed by atoms with Crippen molar-refractivity contribution in [1.82, 2.24) is 9.97 Å². The van der Waals surface area contributed by atoms with Crippen LogP contribution in [-0.2, 0) is 4.79 Å². The van der Waals surface area contributed by atoms with Gasteiger partial charge in [-0.2, -0.15) is 0 Å². The van der Waals surface area contributed by atoms with Gasteiger partial charge in [0.2, 0.25) is 0 Å². The number of nitrogens with zero attached hydrogens (tertiary/aromatic N) is 1. The molecule has 0 radical (unpaired) electrons.